The van der Waals surface area contributed by atoms with Gasteiger partial charge >= 0.3 is 0 Å². The van der Waals surface area contributed by atoms with Gasteiger partial charge in [0, 0.05) is 12.4 Å². The van der Waals surface area contributed by atoms with Crippen LogP contribution in [0.1, 0.15) is 22.5 Å². The van der Waals surface area contributed by atoms with E-state index in [-0.39, 0.29) is 0 Å². The van der Waals surface area contributed by atoms with Crippen molar-refractivity contribution in [3.8, 4) is 0 Å². The normalized spacial score (nSPS) is 10.1. The minimum atomic E-state index is 0.460. The number of ether oxygens (including phenoxy) is 1. The zero-order chi connectivity index (χ0) is 13.5. The molecule has 2 aromatic heterocycles. The summed E-state index contributed by atoms with van der Waals surface area (Å²) in [5, 5.41) is 0. The summed E-state index contributed by atoms with van der Waals surface area (Å²) in [6, 6.07) is 7.73. The highest BCUT2D eigenvalue weighted by Crippen LogP contribution is 2.08. The molecular weight excluding hydrogens is 236 g/mol. The molecule has 0 aliphatic rings. The first-order chi connectivity index (χ1) is 9.31. The molecule has 0 aromatic carbocycles. The quantitative estimate of drug-likeness (QED) is 0.789. The van der Waals surface area contributed by atoms with Gasteiger partial charge in [-0.05, 0) is 35.4 Å². The van der Waals surface area contributed by atoms with Gasteiger partial charge in [-0.25, -0.2) is 0 Å². The molecule has 0 saturated heterocycles. The number of hydrogen-bond donors (Lipinski definition) is 0. The summed E-state index contributed by atoms with van der Waals surface area (Å²) in [4.78, 5) is 8.49. The van der Waals surface area contributed by atoms with Crippen LogP contribution >= 0.6 is 0 Å². The van der Waals surface area contributed by atoms with E-state index in [0.29, 0.717) is 13.2 Å². The van der Waals surface area contributed by atoms with Crippen LogP contribution in [-0.2, 0) is 18.0 Å². The number of pyridine rings is 2. The molecule has 3 heteroatoms. The Hall–Kier alpha value is -2.26. The van der Waals surface area contributed by atoms with E-state index >= 15 is 0 Å². The Labute approximate surface area is 113 Å². The predicted molar refractivity (Wildman–Crippen MR) is 77.1 cm³/mol. The SMILES string of the molecule is C=Cc1ccnc(COCc2cc(C=C)ccn2)c1. The first-order valence-corrected chi connectivity index (χ1v) is 6.04. The van der Waals surface area contributed by atoms with E-state index in [2.05, 4.69) is 23.1 Å². The van der Waals surface area contributed by atoms with Gasteiger partial charge in [0.1, 0.15) is 0 Å². The van der Waals surface area contributed by atoms with Crippen molar-refractivity contribution < 1.29 is 4.74 Å². The summed E-state index contributed by atoms with van der Waals surface area (Å²) in [6.45, 7) is 8.38. The minimum Gasteiger partial charge on any atom is -0.369 e. The van der Waals surface area contributed by atoms with Crippen molar-refractivity contribution in [1.29, 1.82) is 0 Å². The fourth-order valence-corrected chi connectivity index (χ4v) is 1.67. The van der Waals surface area contributed by atoms with Gasteiger partial charge in [-0.2, -0.15) is 0 Å². The fraction of sp³-hybridized carbons (Fsp3) is 0.125. The first kappa shape index (κ1) is 13.2. The summed E-state index contributed by atoms with van der Waals surface area (Å²) < 4.78 is 5.61. The van der Waals surface area contributed by atoms with Crippen molar-refractivity contribution >= 4 is 12.2 Å². The van der Waals surface area contributed by atoms with Gasteiger partial charge in [-0.15, -0.1) is 0 Å². The van der Waals surface area contributed by atoms with E-state index in [1.165, 1.54) is 0 Å². The highest BCUT2D eigenvalue weighted by atomic mass is 16.5. The molecule has 19 heavy (non-hydrogen) atoms. The first-order valence-electron chi connectivity index (χ1n) is 6.04. The maximum Gasteiger partial charge on any atom is 0.0893 e. The third-order valence-corrected chi connectivity index (χ3v) is 2.65. The second kappa shape index (κ2) is 6.61. The Morgan fingerprint density at radius 2 is 1.37 bits per heavy atom. The van der Waals surface area contributed by atoms with Crippen LogP contribution in [0.15, 0.2) is 49.8 Å². The largest absolute Gasteiger partial charge is 0.369 e. The highest BCUT2D eigenvalue weighted by Gasteiger charge is 1.99. The molecule has 96 valence electrons. The molecule has 0 atom stereocenters. The van der Waals surface area contributed by atoms with Crippen LogP contribution in [0, 0.1) is 0 Å². The van der Waals surface area contributed by atoms with Crippen LogP contribution in [0.4, 0.5) is 0 Å². The maximum atomic E-state index is 5.61. The lowest BCUT2D eigenvalue weighted by Gasteiger charge is -2.05. The lowest BCUT2D eigenvalue weighted by molar-refractivity contribution is 0.102. The summed E-state index contributed by atoms with van der Waals surface area (Å²) in [5.74, 6) is 0. The van der Waals surface area contributed by atoms with Crippen LogP contribution < -0.4 is 0 Å². The highest BCUT2D eigenvalue weighted by molar-refractivity contribution is 5.46. The molecule has 0 aliphatic carbocycles. The average Bonchev–Trinajstić information content (AvgIpc) is 2.48. The van der Waals surface area contributed by atoms with Gasteiger partial charge in [0.2, 0.25) is 0 Å². The third-order valence-electron chi connectivity index (χ3n) is 2.65. The van der Waals surface area contributed by atoms with E-state index in [0.717, 1.165) is 22.5 Å². The van der Waals surface area contributed by atoms with E-state index in [1.54, 1.807) is 24.5 Å². The monoisotopic (exact) mass is 252 g/mol. The molecule has 0 aliphatic heterocycles. The molecule has 0 radical (unpaired) electrons. The number of rotatable bonds is 6. The molecular formula is C16H16N2O. The molecule has 0 unspecified atom stereocenters. The summed E-state index contributed by atoms with van der Waals surface area (Å²) in [7, 11) is 0. The second-order valence-corrected chi connectivity index (χ2v) is 4.06. The fourth-order valence-electron chi connectivity index (χ4n) is 1.67. The molecule has 0 N–H and O–H groups in total. The Morgan fingerprint density at radius 3 is 1.79 bits per heavy atom. The number of nitrogens with zero attached hydrogens (tertiary/aromatic N) is 2. The Bertz CT molecular complexity index is 527. The zero-order valence-corrected chi connectivity index (χ0v) is 10.7. The summed E-state index contributed by atoms with van der Waals surface area (Å²) >= 11 is 0. The molecule has 3 nitrogen and oxygen atoms in total. The van der Waals surface area contributed by atoms with E-state index < -0.39 is 0 Å². The van der Waals surface area contributed by atoms with Crippen molar-refractivity contribution in [2.45, 2.75) is 13.2 Å². The van der Waals surface area contributed by atoms with E-state index in [1.807, 2.05) is 24.3 Å². The Kier molecular flexibility index (Phi) is 4.59. The molecule has 2 aromatic rings. The van der Waals surface area contributed by atoms with Crippen LogP contribution in [0.25, 0.3) is 12.2 Å². The van der Waals surface area contributed by atoms with Crippen LogP contribution in [-0.4, -0.2) is 9.97 Å². The van der Waals surface area contributed by atoms with Crippen molar-refractivity contribution in [3.05, 3.63) is 72.3 Å². The van der Waals surface area contributed by atoms with Crippen molar-refractivity contribution in [1.82, 2.24) is 9.97 Å². The maximum absolute atomic E-state index is 5.61. The Morgan fingerprint density at radius 1 is 0.895 bits per heavy atom. The van der Waals surface area contributed by atoms with Crippen LogP contribution in [0.2, 0.25) is 0 Å². The zero-order valence-electron chi connectivity index (χ0n) is 10.7. The lowest BCUT2D eigenvalue weighted by Crippen LogP contribution is -1.98. The average molecular weight is 252 g/mol. The van der Waals surface area contributed by atoms with Crippen molar-refractivity contribution in [2.75, 3.05) is 0 Å². The van der Waals surface area contributed by atoms with Gasteiger partial charge in [0.25, 0.3) is 0 Å². The molecule has 0 spiro atoms. The van der Waals surface area contributed by atoms with E-state index in [4.69, 9.17) is 4.74 Å². The van der Waals surface area contributed by atoms with Crippen molar-refractivity contribution in [3.63, 3.8) is 0 Å². The van der Waals surface area contributed by atoms with Gasteiger partial charge in [-0.1, -0.05) is 25.3 Å². The molecule has 0 bridgehead atoms. The third kappa shape index (κ3) is 3.86. The van der Waals surface area contributed by atoms with Gasteiger partial charge in [0.15, 0.2) is 0 Å². The number of aromatic nitrogens is 2. The van der Waals surface area contributed by atoms with Gasteiger partial charge < -0.3 is 4.74 Å². The minimum absolute atomic E-state index is 0.460. The summed E-state index contributed by atoms with van der Waals surface area (Å²) in [6.07, 6.45) is 7.10. The Balaban J connectivity index is 1.92. The smallest absolute Gasteiger partial charge is 0.0893 e. The topological polar surface area (TPSA) is 35.0 Å². The molecule has 2 heterocycles. The molecule has 0 amide bonds. The van der Waals surface area contributed by atoms with Crippen LogP contribution in [0.5, 0.6) is 0 Å². The molecule has 0 fully saturated rings. The van der Waals surface area contributed by atoms with Gasteiger partial charge in [0.05, 0.1) is 24.6 Å². The molecule has 2 rings (SSSR count). The van der Waals surface area contributed by atoms with E-state index in [9.17, 15) is 0 Å². The predicted octanol–water partition coefficient (Wildman–Crippen LogP) is 3.48. The second-order valence-electron chi connectivity index (χ2n) is 4.06. The summed E-state index contributed by atoms with van der Waals surface area (Å²) in [5.41, 5.74) is 3.86. The standard InChI is InChI=1S/C16H16N2O/c1-3-13-5-7-17-15(9-13)11-19-12-16-10-14(4-2)6-8-18-16/h3-10H,1-2,11-12H2. The van der Waals surface area contributed by atoms with Gasteiger partial charge in [-0.3, -0.25) is 9.97 Å². The molecule has 0 saturated carbocycles. The number of hydrogen-bond acceptors (Lipinski definition) is 3. The van der Waals surface area contributed by atoms with Crippen LogP contribution in [0.3, 0.4) is 0 Å². The lowest BCUT2D eigenvalue weighted by atomic mass is 10.2. The van der Waals surface area contributed by atoms with Crippen molar-refractivity contribution in [2.24, 2.45) is 0 Å².